The Bertz CT molecular complexity index is 206. The molecule has 12 heavy (non-hydrogen) atoms. The van der Waals surface area contributed by atoms with Gasteiger partial charge in [-0.2, -0.15) is 11.3 Å². The maximum absolute atomic E-state index is 9.53. The predicted octanol–water partition coefficient (Wildman–Crippen LogP) is 2.70. The second-order valence-corrected chi connectivity index (χ2v) is 4.07. The van der Waals surface area contributed by atoms with Gasteiger partial charge in [0.2, 0.25) is 0 Å². The minimum absolute atomic E-state index is 0.148. The van der Waals surface area contributed by atoms with Crippen molar-refractivity contribution in [1.29, 1.82) is 0 Å². The average Bonchev–Trinajstić information content (AvgIpc) is 2.55. The third-order valence-electron chi connectivity index (χ3n) is 2.21. The zero-order chi connectivity index (χ0) is 8.97. The first-order valence-electron chi connectivity index (χ1n) is 4.43. The molecule has 1 aromatic rings. The van der Waals surface area contributed by atoms with Gasteiger partial charge in [0.05, 0.1) is 6.10 Å². The predicted molar refractivity (Wildman–Crippen MR) is 53.5 cm³/mol. The van der Waals surface area contributed by atoms with Gasteiger partial charge < -0.3 is 5.11 Å². The second-order valence-electron chi connectivity index (χ2n) is 3.29. The van der Waals surface area contributed by atoms with Crippen molar-refractivity contribution < 1.29 is 5.11 Å². The summed E-state index contributed by atoms with van der Waals surface area (Å²) in [5.74, 6) is 0.379. The lowest BCUT2D eigenvalue weighted by atomic mass is 9.96. The molecule has 68 valence electrons. The standard InChI is InChI=1S/C10H16OS/c1-3-10(11)8(2)6-9-4-5-12-7-9/h4-5,7-8,10-11H,3,6H2,1-2H3. The molecule has 0 bridgehead atoms. The summed E-state index contributed by atoms with van der Waals surface area (Å²) >= 11 is 1.72. The van der Waals surface area contributed by atoms with Gasteiger partial charge in [-0.1, -0.05) is 13.8 Å². The van der Waals surface area contributed by atoms with Gasteiger partial charge in [-0.05, 0) is 41.1 Å². The fourth-order valence-electron chi connectivity index (χ4n) is 1.32. The van der Waals surface area contributed by atoms with Crippen molar-refractivity contribution in [2.24, 2.45) is 5.92 Å². The fraction of sp³-hybridized carbons (Fsp3) is 0.600. The lowest BCUT2D eigenvalue weighted by Crippen LogP contribution is -2.18. The summed E-state index contributed by atoms with van der Waals surface area (Å²) in [6.07, 6.45) is 1.70. The molecule has 2 unspecified atom stereocenters. The Hall–Kier alpha value is -0.340. The van der Waals surface area contributed by atoms with E-state index in [0.717, 1.165) is 12.8 Å². The summed E-state index contributed by atoms with van der Waals surface area (Å²) in [4.78, 5) is 0. The SMILES string of the molecule is CCC(O)C(C)Cc1ccsc1. The minimum Gasteiger partial charge on any atom is -0.393 e. The van der Waals surface area contributed by atoms with Crippen molar-refractivity contribution in [2.75, 3.05) is 0 Å². The number of hydrogen-bond acceptors (Lipinski definition) is 2. The van der Waals surface area contributed by atoms with Crippen molar-refractivity contribution >= 4 is 11.3 Å². The molecule has 1 rings (SSSR count). The maximum atomic E-state index is 9.53. The Labute approximate surface area is 78.1 Å². The quantitative estimate of drug-likeness (QED) is 0.762. The average molecular weight is 184 g/mol. The lowest BCUT2D eigenvalue weighted by Gasteiger charge is -2.15. The van der Waals surface area contributed by atoms with Gasteiger partial charge in [0, 0.05) is 0 Å². The molecule has 1 nitrogen and oxygen atoms in total. The van der Waals surface area contributed by atoms with Gasteiger partial charge in [-0.3, -0.25) is 0 Å². The first kappa shape index (κ1) is 9.75. The van der Waals surface area contributed by atoms with E-state index in [9.17, 15) is 5.11 Å². The Kier molecular flexibility index (Phi) is 3.76. The number of aliphatic hydroxyl groups excluding tert-OH is 1. The van der Waals surface area contributed by atoms with Gasteiger partial charge in [0.25, 0.3) is 0 Å². The highest BCUT2D eigenvalue weighted by Gasteiger charge is 2.12. The van der Waals surface area contributed by atoms with Crippen molar-refractivity contribution in [3.8, 4) is 0 Å². The summed E-state index contributed by atoms with van der Waals surface area (Å²) < 4.78 is 0. The molecule has 1 N–H and O–H groups in total. The minimum atomic E-state index is -0.148. The molecule has 0 aliphatic heterocycles. The van der Waals surface area contributed by atoms with Gasteiger partial charge in [-0.15, -0.1) is 0 Å². The molecule has 0 aromatic carbocycles. The van der Waals surface area contributed by atoms with E-state index in [1.807, 2.05) is 6.92 Å². The smallest absolute Gasteiger partial charge is 0.0566 e. The highest BCUT2D eigenvalue weighted by molar-refractivity contribution is 7.07. The van der Waals surface area contributed by atoms with Crippen LogP contribution in [0.4, 0.5) is 0 Å². The van der Waals surface area contributed by atoms with Crippen LogP contribution >= 0.6 is 11.3 Å². The molecular weight excluding hydrogens is 168 g/mol. The molecule has 0 aliphatic carbocycles. The van der Waals surface area contributed by atoms with Crippen LogP contribution in [-0.4, -0.2) is 11.2 Å². The molecule has 1 aromatic heterocycles. The fourth-order valence-corrected chi connectivity index (χ4v) is 2.00. The maximum Gasteiger partial charge on any atom is 0.0566 e. The van der Waals surface area contributed by atoms with E-state index in [2.05, 4.69) is 23.8 Å². The molecule has 1 heterocycles. The van der Waals surface area contributed by atoms with Crippen molar-refractivity contribution in [3.63, 3.8) is 0 Å². The van der Waals surface area contributed by atoms with Crippen LogP contribution in [0.15, 0.2) is 16.8 Å². The summed E-state index contributed by atoms with van der Waals surface area (Å²) in [6, 6.07) is 2.13. The monoisotopic (exact) mass is 184 g/mol. The van der Waals surface area contributed by atoms with Crippen LogP contribution in [0.25, 0.3) is 0 Å². The molecular formula is C10H16OS. The van der Waals surface area contributed by atoms with Crippen LogP contribution in [0, 0.1) is 5.92 Å². The summed E-state index contributed by atoms with van der Waals surface area (Å²) in [7, 11) is 0. The van der Waals surface area contributed by atoms with Crippen LogP contribution in [-0.2, 0) is 6.42 Å². The van der Waals surface area contributed by atoms with Crippen molar-refractivity contribution in [1.82, 2.24) is 0 Å². The molecule has 0 amide bonds. The van der Waals surface area contributed by atoms with E-state index in [1.54, 1.807) is 11.3 Å². The Morgan fingerprint density at radius 1 is 1.58 bits per heavy atom. The second kappa shape index (κ2) is 4.63. The van der Waals surface area contributed by atoms with Crippen LogP contribution in [0.1, 0.15) is 25.8 Å². The number of hydrogen-bond donors (Lipinski definition) is 1. The van der Waals surface area contributed by atoms with Gasteiger partial charge in [-0.25, -0.2) is 0 Å². The molecule has 0 radical (unpaired) electrons. The van der Waals surface area contributed by atoms with Gasteiger partial charge >= 0.3 is 0 Å². The Balaban J connectivity index is 2.41. The van der Waals surface area contributed by atoms with E-state index >= 15 is 0 Å². The molecule has 2 atom stereocenters. The third kappa shape index (κ3) is 2.61. The van der Waals surface area contributed by atoms with E-state index in [-0.39, 0.29) is 6.10 Å². The molecule has 0 spiro atoms. The number of rotatable bonds is 4. The van der Waals surface area contributed by atoms with E-state index in [1.165, 1.54) is 5.56 Å². The van der Waals surface area contributed by atoms with E-state index < -0.39 is 0 Å². The lowest BCUT2D eigenvalue weighted by molar-refractivity contribution is 0.113. The molecule has 2 heteroatoms. The van der Waals surface area contributed by atoms with Crippen molar-refractivity contribution in [3.05, 3.63) is 22.4 Å². The van der Waals surface area contributed by atoms with Crippen LogP contribution in [0.2, 0.25) is 0 Å². The van der Waals surface area contributed by atoms with Crippen molar-refractivity contribution in [2.45, 2.75) is 32.8 Å². The first-order valence-corrected chi connectivity index (χ1v) is 5.37. The molecule has 0 saturated heterocycles. The van der Waals surface area contributed by atoms with E-state index in [0.29, 0.717) is 5.92 Å². The first-order chi connectivity index (χ1) is 5.74. The molecule has 0 aliphatic rings. The molecule has 0 fully saturated rings. The molecule has 0 saturated carbocycles. The topological polar surface area (TPSA) is 20.2 Å². The highest BCUT2D eigenvalue weighted by Crippen LogP contribution is 2.16. The van der Waals surface area contributed by atoms with E-state index in [4.69, 9.17) is 0 Å². The number of aliphatic hydroxyl groups is 1. The normalized spacial score (nSPS) is 15.9. The van der Waals surface area contributed by atoms with Crippen LogP contribution in [0.5, 0.6) is 0 Å². The summed E-state index contributed by atoms with van der Waals surface area (Å²) in [6.45, 7) is 4.13. The van der Waals surface area contributed by atoms with Crippen LogP contribution in [0.3, 0.4) is 0 Å². The number of thiophene rings is 1. The third-order valence-corrected chi connectivity index (χ3v) is 2.94. The Morgan fingerprint density at radius 2 is 2.33 bits per heavy atom. The van der Waals surface area contributed by atoms with Crippen LogP contribution < -0.4 is 0 Å². The zero-order valence-electron chi connectivity index (χ0n) is 7.66. The van der Waals surface area contributed by atoms with Gasteiger partial charge in [0.1, 0.15) is 0 Å². The Morgan fingerprint density at radius 3 is 2.83 bits per heavy atom. The largest absolute Gasteiger partial charge is 0.393 e. The summed E-state index contributed by atoms with van der Waals surface area (Å²) in [5.41, 5.74) is 1.35. The van der Waals surface area contributed by atoms with Gasteiger partial charge in [0.15, 0.2) is 0 Å². The summed E-state index contributed by atoms with van der Waals surface area (Å²) in [5, 5.41) is 13.8. The zero-order valence-corrected chi connectivity index (χ0v) is 8.47. The highest BCUT2D eigenvalue weighted by atomic mass is 32.1.